The molecule has 0 aliphatic heterocycles. The number of amides is 2. The van der Waals surface area contributed by atoms with E-state index in [-0.39, 0.29) is 19.8 Å². The van der Waals surface area contributed by atoms with E-state index in [1.54, 1.807) is 20.8 Å². The van der Waals surface area contributed by atoms with Crippen molar-refractivity contribution in [2.24, 2.45) is 0 Å². The maximum atomic E-state index is 11.4. The van der Waals surface area contributed by atoms with Crippen molar-refractivity contribution in [1.29, 1.82) is 0 Å². The zero-order valence-corrected chi connectivity index (χ0v) is 9.91. The lowest BCUT2D eigenvalue weighted by molar-refractivity contribution is 0.0781. The van der Waals surface area contributed by atoms with Gasteiger partial charge >= 0.3 is 12.2 Å². The lowest BCUT2D eigenvalue weighted by atomic mass is 10.3. The summed E-state index contributed by atoms with van der Waals surface area (Å²) >= 11 is 0. The molecule has 0 saturated carbocycles. The van der Waals surface area contributed by atoms with Crippen LogP contribution in [-0.2, 0) is 9.47 Å². The summed E-state index contributed by atoms with van der Waals surface area (Å²) in [6, 6.07) is 0. The lowest BCUT2D eigenvalue weighted by Crippen LogP contribution is -2.47. The largest absolute Gasteiger partial charge is 0.449 e. The molecular weight excluding hydrogens is 212 g/mol. The highest BCUT2D eigenvalue weighted by Crippen LogP contribution is 1.97. The molecule has 16 heavy (non-hydrogen) atoms. The van der Waals surface area contributed by atoms with Gasteiger partial charge in [0.2, 0.25) is 0 Å². The summed E-state index contributed by atoms with van der Waals surface area (Å²) in [7, 11) is 0. The monoisotopic (exact) mass is 230 g/mol. The van der Waals surface area contributed by atoms with E-state index in [4.69, 9.17) is 4.74 Å². The number of carbonyl (C=O) groups is 2. The number of nitrogens with one attached hydrogen (secondary N) is 1. The van der Waals surface area contributed by atoms with Gasteiger partial charge in [0.25, 0.3) is 0 Å². The van der Waals surface area contributed by atoms with E-state index in [0.717, 1.165) is 5.01 Å². The molecule has 0 aliphatic rings. The van der Waals surface area contributed by atoms with Gasteiger partial charge in [0.05, 0.1) is 19.8 Å². The van der Waals surface area contributed by atoms with E-state index in [2.05, 4.69) is 16.7 Å². The molecule has 6 nitrogen and oxygen atoms in total. The predicted octanol–water partition coefficient (Wildman–Crippen LogP) is 1.68. The van der Waals surface area contributed by atoms with Crippen LogP contribution in [-0.4, -0.2) is 37.0 Å². The first-order valence-corrected chi connectivity index (χ1v) is 5.03. The number of carbonyl (C=O) groups excluding carboxylic acids is 2. The van der Waals surface area contributed by atoms with Gasteiger partial charge in [0.1, 0.15) is 0 Å². The number of ether oxygens (including phenoxy) is 2. The van der Waals surface area contributed by atoms with Crippen LogP contribution in [0.4, 0.5) is 9.59 Å². The van der Waals surface area contributed by atoms with Gasteiger partial charge in [-0.25, -0.2) is 20.0 Å². The highest BCUT2D eigenvalue weighted by molar-refractivity contribution is 5.74. The fourth-order valence-electron chi connectivity index (χ4n) is 0.895. The van der Waals surface area contributed by atoms with E-state index < -0.39 is 12.2 Å². The third-order valence-electron chi connectivity index (χ3n) is 1.42. The summed E-state index contributed by atoms with van der Waals surface area (Å²) in [4.78, 5) is 22.5. The topological polar surface area (TPSA) is 67.9 Å². The standard InChI is InChI=1S/C10H18N2O4/c1-5-15-9(13)11-12(7-8(3)4)10(14)16-6-2/h3,5-7H2,1-2,4H3,(H,11,13). The molecule has 6 heteroatoms. The molecule has 0 rings (SSSR count). The predicted molar refractivity (Wildman–Crippen MR) is 58.7 cm³/mol. The summed E-state index contributed by atoms with van der Waals surface area (Å²) in [5.41, 5.74) is 2.98. The molecule has 0 radical (unpaired) electrons. The second-order valence-corrected chi connectivity index (χ2v) is 3.07. The smallest absolute Gasteiger partial charge is 0.429 e. The minimum absolute atomic E-state index is 0.178. The second kappa shape index (κ2) is 7.56. The summed E-state index contributed by atoms with van der Waals surface area (Å²) in [6.45, 7) is 9.38. The van der Waals surface area contributed by atoms with Gasteiger partial charge in [-0.3, -0.25) is 0 Å². The number of rotatable bonds is 4. The Labute approximate surface area is 95.2 Å². The molecule has 2 amide bonds. The average molecular weight is 230 g/mol. The first-order valence-electron chi connectivity index (χ1n) is 5.03. The van der Waals surface area contributed by atoms with E-state index in [9.17, 15) is 9.59 Å². The first kappa shape index (κ1) is 14.3. The summed E-state index contributed by atoms with van der Waals surface area (Å²) in [5.74, 6) is 0. The molecule has 0 aromatic rings. The van der Waals surface area contributed by atoms with Gasteiger partial charge in [-0.1, -0.05) is 12.2 Å². The molecular formula is C10H18N2O4. The third kappa shape index (κ3) is 5.90. The normalized spacial score (nSPS) is 9.19. The van der Waals surface area contributed by atoms with Crippen LogP contribution in [0.15, 0.2) is 12.2 Å². The average Bonchev–Trinajstić information content (AvgIpc) is 2.16. The van der Waals surface area contributed by atoms with Crippen LogP contribution >= 0.6 is 0 Å². The van der Waals surface area contributed by atoms with Crippen LogP contribution in [0.2, 0.25) is 0 Å². The van der Waals surface area contributed by atoms with Crippen molar-refractivity contribution in [2.45, 2.75) is 20.8 Å². The summed E-state index contributed by atoms with van der Waals surface area (Å²) in [6.07, 6.45) is -1.34. The lowest BCUT2D eigenvalue weighted by Gasteiger charge is -2.21. The maximum Gasteiger partial charge on any atom is 0.429 e. The molecule has 0 bridgehead atoms. The zero-order chi connectivity index (χ0) is 12.6. The molecule has 0 atom stereocenters. The van der Waals surface area contributed by atoms with E-state index in [1.807, 2.05) is 0 Å². The number of hydrazine groups is 1. The molecule has 0 fully saturated rings. The van der Waals surface area contributed by atoms with Gasteiger partial charge in [-0.15, -0.1) is 0 Å². The summed E-state index contributed by atoms with van der Waals surface area (Å²) < 4.78 is 9.41. The van der Waals surface area contributed by atoms with Crippen molar-refractivity contribution in [3.8, 4) is 0 Å². The molecule has 1 N–H and O–H groups in total. The molecule has 92 valence electrons. The molecule has 0 heterocycles. The Hall–Kier alpha value is -1.72. The molecule has 0 aliphatic carbocycles. The number of nitrogens with zero attached hydrogens (tertiary/aromatic N) is 1. The van der Waals surface area contributed by atoms with E-state index in [1.165, 1.54) is 0 Å². The van der Waals surface area contributed by atoms with Gasteiger partial charge in [-0.05, 0) is 20.8 Å². The quantitative estimate of drug-likeness (QED) is 0.589. The highest BCUT2D eigenvalue weighted by Gasteiger charge is 2.17. The van der Waals surface area contributed by atoms with E-state index in [0.29, 0.717) is 5.57 Å². The first-order chi connectivity index (χ1) is 7.51. The zero-order valence-electron chi connectivity index (χ0n) is 9.91. The highest BCUT2D eigenvalue weighted by atomic mass is 16.6. The molecule has 0 saturated heterocycles. The molecule has 0 spiro atoms. The van der Waals surface area contributed by atoms with Crippen LogP contribution in [0.1, 0.15) is 20.8 Å². The van der Waals surface area contributed by atoms with Crippen LogP contribution in [0, 0.1) is 0 Å². The SMILES string of the molecule is C=C(C)CN(NC(=O)OCC)C(=O)OCC. The minimum atomic E-state index is -0.697. The van der Waals surface area contributed by atoms with Crippen LogP contribution in [0.5, 0.6) is 0 Å². The second-order valence-electron chi connectivity index (χ2n) is 3.07. The van der Waals surface area contributed by atoms with Crippen molar-refractivity contribution >= 4 is 12.2 Å². The van der Waals surface area contributed by atoms with E-state index >= 15 is 0 Å². The third-order valence-corrected chi connectivity index (χ3v) is 1.42. The van der Waals surface area contributed by atoms with Gasteiger partial charge < -0.3 is 9.47 Å². The molecule has 0 aromatic carbocycles. The Bertz CT molecular complexity index is 266. The van der Waals surface area contributed by atoms with Crippen molar-refractivity contribution < 1.29 is 19.1 Å². The van der Waals surface area contributed by atoms with Crippen LogP contribution in [0.25, 0.3) is 0 Å². The minimum Gasteiger partial charge on any atom is -0.449 e. The van der Waals surface area contributed by atoms with Crippen molar-refractivity contribution in [3.05, 3.63) is 12.2 Å². The van der Waals surface area contributed by atoms with Crippen LogP contribution in [0.3, 0.4) is 0 Å². The Morgan fingerprint density at radius 3 is 2.25 bits per heavy atom. The van der Waals surface area contributed by atoms with Crippen LogP contribution < -0.4 is 5.43 Å². The number of hydrogen-bond donors (Lipinski definition) is 1. The van der Waals surface area contributed by atoms with Gasteiger partial charge in [0, 0.05) is 0 Å². The fraction of sp³-hybridized carbons (Fsp3) is 0.600. The Kier molecular flexibility index (Phi) is 6.74. The fourth-order valence-corrected chi connectivity index (χ4v) is 0.895. The number of hydrogen-bond acceptors (Lipinski definition) is 4. The summed E-state index contributed by atoms with van der Waals surface area (Å²) in [5, 5.41) is 1.02. The van der Waals surface area contributed by atoms with Gasteiger partial charge in [0.15, 0.2) is 0 Å². The molecule has 0 unspecified atom stereocenters. The Balaban J connectivity index is 4.36. The Morgan fingerprint density at radius 1 is 1.25 bits per heavy atom. The Morgan fingerprint density at radius 2 is 1.81 bits per heavy atom. The van der Waals surface area contributed by atoms with Crippen molar-refractivity contribution in [1.82, 2.24) is 10.4 Å². The van der Waals surface area contributed by atoms with Crippen molar-refractivity contribution in [2.75, 3.05) is 19.8 Å². The van der Waals surface area contributed by atoms with Gasteiger partial charge in [-0.2, -0.15) is 0 Å². The maximum absolute atomic E-state index is 11.4. The molecule has 0 aromatic heterocycles. The van der Waals surface area contributed by atoms with Crippen molar-refractivity contribution in [3.63, 3.8) is 0 Å².